The van der Waals surface area contributed by atoms with Crippen LogP contribution >= 0.6 is 0 Å². The summed E-state index contributed by atoms with van der Waals surface area (Å²) in [7, 11) is 0. The van der Waals surface area contributed by atoms with E-state index >= 15 is 0 Å². The number of carbonyl (C=O) groups excluding carboxylic acids is 2. The van der Waals surface area contributed by atoms with Gasteiger partial charge in [0.2, 0.25) is 0 Å². The van der Waals surface area contributed by atoms with Gasteiger partial charge in [0.05, 0.1) is 24.5 Å². The van der Waals surface area contributed by atoms with E-state index in [1.54, 1.807) is 13.0 Å². The summed E-state index contributed by atoms with van der Waals surface area (Å²) in [6.07, 6.45) is 2.25. The zero-order valence-corrected chi connectivity index (χ0v) is 18.3. The fourth-order valence-electron chi connectivity index (χ4n) is 4.10. The van der Waals surface area contributed by atoms with Crippen molar-refractivity contribution in [1.29, 1.82) is 0 Å². The van der Waals surface area contributed by atoms with Gasteiger partial charge in [0, 0.05) is 50.4 Å². The minimum atomic E-state index is -0.538. The van der Waals surface area contributed by atoms with Crippen molar-refractivity contribution in [2.75, 3.05) is 52.5 Å². The first-order valence-corrected chi connectivity index (χ1v) is 11.0. The number of aromatic nitrogens is 2. The van der Waals surface area contributed by atoms with Crippen LogP contribution in [0.1, 0.15) is 44.6 Å². The molecule has 0 bridgehead atoms. The van der Waals surface area contributed by atoms with E-state index in [9.17, 15) is 9.59 Å². The fraction of sp³-hybridized carbons (Fsp3) is 0.478. The van der Waals surface area contributed by atoms with Crippen LogP contribution in [-0.2, 0) is 4.74 Å². The van der Waals surface area contributed by atoms with E-state index in [0.29, 0.717) is 48.1 Å². The number of benzene rings is 1. The van der Waals surface area contributed by atoms with Crippen molar-refractivity contribution < 1.29 is 19.1 Å². The maximum absolute atomic E-state index is 13.1. The summed E-state index contributed by atoms with van der Waals surface area (Å²) in [5.41, 5.74) is 6.83. The number of aryl methyl sites for hydroxylation is 1. The van der Waals surface area contributed by atoms with Gasteiger partial charge in [0.15, 0.2) is 0 Å². The normalized spacial score (nSPS) is 19.2. The van der Waals surface area contributed by atoms with Crippen molar-refractivity contribution in [3.8, 4) is 5.75 Å². The second kappa shape index (κ2) is 10.1. The minimum absolute atomic E-state index is 0.0309. The number of hydrogen-bond donors (Lipinski definition) is 1. The van der Waals surface area contributed by atoms with Gasteiger partial charge in [-0.3, -0.25) is 14.5 Å². The quantitative estimate of drug-likeness (QED) is 0.691. The van der Waals surface area contributed by atoms with Crippen molar-refractivity contribution in [2.24, 2.45) is 5.73 Å². The summed E-state index contributed by atoms with van der Waals surface area (Å²) >= 11 is 0. The van der Waals surface area contributed by atoms with Crippen molar-refractivity contribution in [1.82, 2.24) is 19.8 Å². The number of hydrogen-bond acceptors (Lipinski definition) is 7. The van der Waals surface area contributed by atoms with E-state index in [1.165, 1.54) is 6.20 Å². The molecule has 0 radical (unpaired) electrons. The Morgan fingerprint density at radius 3 is 2.81 bits per heavy atom. The molecule has 2 fully saturated rings. The standard InChI is InChI=1S/C23H29N5O4/c1-16-20(21(24)29)14-25-22(26-16)18-5-6-28(15-18)23(30)17-3-2-4-19(13-17)32-12-9-27-7-10-31-11-8-27/h2-4,13-14,18H,5-12,15H2,1H3,(H2,24,29). The highest BCUT2D eigenvalue weighted by Crippen LogP contribution is 2.27. The lowest BCUT2D eigenvalue weighted by molar-refractivity contribution is 0.0322. The molecule has 0 saturated carbocycles. The molecule has 9 heteroatoms. The molecule has 2 aromatic rings. The Morgan fingerprint density at radius 2 is 2.06 bits per heavy atom. The molecule has 1 atom stereocenters. The van der Waals surface area contributed by atoms with Crippen LogP contribution in [0.25, 0.3) is 0 Å². The van der Waals surface area contributed by atoms with Gasteiger partial charge in [-0.25, -0.2) is 9.97 Å². The highest BCUT2D eigenvalue weighted by Gasteiger charge is 2.30. The van der Waals surface area contributed by atoms with Crippen LogP contribution in [0.3, 0.4) is 0 Å². The lowest BCUT2D eigenvalue weighted by Gasteiger charge is -2.26. The van der Waals surface area contributed by atoms with Crippen molar-refractivity contribution in [3.63, 3.8) is 0 Å². The number of nitrogens with two attached hydrogens (primary N) is 1. The highest BCUT2D eigenvalue weighted by molar-refractivity contribution is 5.95. The Bertz CT molecular complexity index is 977. The molecule has 0 aliphatic carbocycles. The van der Waals surface area contributed by atoms with Gasteiger partial charge in [-0.2, -0.15) is 0 Å². The number of nitrogens with zero attached hydrogens (tertiary/aromatic N) is 4. The molecule has 2 N–H and O–H groups in total. The summed E-state index contributed by atoms with van der Waals surface area (Å²) in [6.45, 7) is 7.70. The second-order valence-electron chi connectivity index (χ2n) is 8.16. The molecule has 4 rings (SSSR count). The van der Waals surface area contributed by atoms with Crippen LogP contribution in [0.2, 0.25) is 0 Å². The smallest absolute Gasteiger partial charge is 0.254 e. The number of ether oxygens (including phenoxy) is 2. The molecule has 1 aromatic carbocycles. The van der Waals surface area contributed by atoms with Gasteiger partial charge < -0.3 is 20.1 Å². The third kappa shape index (κ3) is 5.23. The van der Waals surface area contributed by atoms with E-state index in [4.69, 9.17) is 15.2 Å². The van der Waals surface area contributed by atoms with E-state index < -0.39 is 5.91 Å². The molecule has 0 spiro atoms. The Balaban J connectivity index is 1.34. The molecule has 3 heterocycles. The van der Waals surface area contributed by atoms with Crippen LogP contribution in [0.4, 0.5) is 0 Å². The average Bonchev–Trinajstić information content (AvgIpc) is 3.29. The maximum Gasteiger partial charge on any atom is 0.254 e. The van der Waals surface area contributed by atoms with E-state index in [-0.39, 0.29) is 11.8 Å². The molecular weight excluding hydrogens is 410 g/mol. The first-order chi connectivity index (χ1) is 15.5. The SMILES string of the molecule is Cc1nc(C2CCN(C(=O)c3cccc(OCCN4CCOCC4)c3)C2)ncc1C(N)=O. The number of amides is 2. The topological polar surface area (TPSA) is 111 Å². The molecule has 2 amide bonds. The first kappa shape index (κ1) is 22.2. The van der Waals surface area contributed by atoms with Crippen molar-refractivity contribution in [3.05, 3.63) is 53.1 Å². The van der Waals surface area contributed by atoms with Gasteiger partial charge >= 0.3 is 0 Å². The van der Waals surface area contributed by atoms with Gasteiger partial charge in [-0.15, -0.1) is 0 Å². The van der Waals surface area contributed by atoms with Crippen LogP contribution in [0.5, 0.6) is 5.75 Å². The Labute approximate surface area is 187 Å². The third-order valence-electron chi connectivity index (χ3n) is 5.96. The summed E-state index contributed by atoms with van der Waals surface area (Å²) in [6, 6.07) is 7.34. The highest BCUT2D eigenvalue weighted by atomic mass is 16.5. The zero-order valence-electron chi connectivity index (χ0n) is 18.3. The van der Waals surface area contributed by atoms with E-state index in [2.05, 4.69) is 14.9 Å². The summed E-state index contributed by atoms with van der Waals surface area (Å²) in [4.78, 5) is 37.3. The first-order valence-electron chi connectivity index (χ1n) is 11.0. The number of primary amides is 1. The largest absolute Gasteiger partial charge is 0.492 e. The molecule has 9 nitrogen and oxygen atoms in total. The molecule has 1 aromatic heterocycles. The van der Waals surface area contributed by atoms with Crippen LogP contribution in [0, 0.1) is 6.92 Å². The molecule has 32 heavy (non-hydrogen) atoms. The number of carbonyl (C=O) groups is 2. The number of morpholine rings is 1. The molecule has 170 valence electrons. The van der Waals surface area contributed by atoms with Crippen molar-refractivity contribution in [2.45, 2.75) is 19.3 Å². The number of rotatable bonds is 7. The van der Waals surface area contributed by atoms with Gasteiger partial charge in [0.25, 0.3) is 11.8 Å². The lowest BCUT2D eigenvalue weighted by Crippen LogP contribution is -2.38. The zero-order chi connectivity index (χ0) is 22.5. The second-order valence-corrected chi connectivity index (χ2v) is 8.16. The fourth-order valence-corrected chi connectivity index (χ4v) is 4.10. The van der Waals surface area contributed by atoms with Gasteiger partial charge in [-0.05, 0) is 31.5 Å². The molecule has 2 saturated heterocycles. The van der Waals surface area contributed by atoms with Crippen molar-refractivity contribution >= 4 is 11.8 Å². The van der Waals surface area contributed by atoms with Gasteiger partial charge in [0.1, 0.15) is 18.2 Å². The molecule has 2 aliphatic heterocycles. The Morgan fingerprint density at radius 1 is 1.25 bits per heavy atom. The number of likely N-dealkylation sites (tertiary alicyclic amines) is 1. The van der Waals surface area contributed by atoms with E-state index in [1.807, 2.05) is 23.1 Å². The Hall–Kier alpha value is -3.04. The molecule has 1 unspecified atom stereocenters. The Kier molecular flexibility index (Phi) is 6.96. The molecule has 2 aliphatic rings. The summed E-state index contributed by atoms with van der Waals surface area (Å²) in [5.74, 6) is 0.803. The van der Waals surface area contributed by atoms with E-state index in [0.717, 1.165) is 39.3 Å². The summed E-state index contributed by atoms with van der Waals surface area (Å²) in [5, 5.41) is 0. The monoisotopic (exact) mass is 439 g/mol. The third-order valence-corrected chi connectivity index (χ3v) is 5.96. The van der Waals surface area contributed by atoms with Crippen LogP contribution < -0.4 is 10.5 Å². The van der Waals surface area contributed by atoms with Crippen LogP contribution in [0.15, 0.2) is 30.5 Å². The predicted molar refractivity (Wildman–Crippen MR) is 118 cm³/mol. The van der Waals surface area contributed by atoms with Gasteiger partial charge in [-0.1, -0.05) is 6.07 Å². The lowest BCUT2D eigenvalue weighted by atomic mass is 10.1. The maximum atomic E-state index is 13.1. The van der Waals surface area contributed by atoms with Crippen LogP contribution in [-0.4, -0.2) is 84.1 Å². The predicted octanol–water partition coefficient (Wildman–Crippen LogP) is 1.22. The summed E-state index contributed by atoms with van der Waals surface area (Å²) < 4.78 is 11.2. The average molecular weight is 440 g/mol. The molecular formula is C23H29N5O4. The minimum Gasteiger partial charge on any atom is -0.492 e.